The van der Waals surface area contributed by atoms with Crippen molar-refractivity contribution in [3.05, 3.63) is 34.9 Å². The molecule has 1 atom stereocenters. The van der Waals surface area contributed by atoms with Crippen molar-refractivity contribution in [3.8, 4) is 0 Å². The molecule has 1 amide bonds. The smallest absolute Gasteiger partial charge is 0.257 e. The maximum absolute atomic E-state index is 13.7. The topological polar surface area (TPSA) is 41.6 Å². The van der Waals surface area contributed by atoms with Crippen molar-refractivity contribution in [2.24, 2.45) is 0 Å². The number of benzene rings is 1. The molecule has 1 saturated heterocycles. The van der Waals surface area contributed by atoms with E-state index in [0.29, 0.717) is 26.2 Å². The zero-order valence-corrected chi connectivity index (χ0v) is 11.6. The number of hydrogen-bond donors (Lipinski definition) is 1. The van der Waals surface area contributed by atoms with Crippen LogP contribution in [-0.4, -0.2) is 50.2 Å². The summed E-state index contributed by atoms with van der Waals surface area (Å²) in [5.74, 6) is -1.89. The predicted molar refractivity (Wildman–Crippen MR) is 70.7 cm³/mol. The SMILES string of the molecule is CNCC1CN(C(=O)c2cc(C)c(F)cc2F)CCO1. The van der Waals surface area contributed by atoms with Crippen molar-refractivity contribution in [1.29, 1.82) is 0 Å². The molecule has 0 spiro atoms. The number of likely N-dealkylation sites (N-methyl/N-ethyl adjacent to an activating group) is 1. The van der Waals surface area contributed by atoms with Gasteiger partial charge in [0.05, 0.1) is 18.3 Å². The van der Waals surface area contributed by atoms with E-state index in [0.717, 1.165) is 6.07 Å². The molecule has 1 unspecified atom stereocenters. The predicted octanol–water partition coefficient (Wildman–Crippen LogP) is 1.33. The summed E-state index contributed by atoms with van der Waals surface area (Å²) >= 11 is 0. The van der Waals surface area contributed by atoms with Gasteiger partial charge >= 0.3 is 0 Å². The number of morpholine rings is 1. The van der Waals surface area contributed by atoms with E-state index >= 15 is 0 Å². The van der Waals surface area contributed by atoms with E-state index in [1.807, 2.05) is 0 Å². The zero-order chi connectivity index (χ0) is 14.7. The Labute approximate surface area is 116 Å². The molecule has 1 N–H and O–H groups in total. The molecule has 0 aliphatic carbocycles. The third-order valence-electron chi connectivity index (χ3n) is 3.34. The number of nitrogens with zero attached hydrogens (tertiary/aromatic N) is 1. The van der Waals surface area contributed by atoms with E-state index in [1.165, 1.54) is 13.0 Å². The first-order chi connectivity index (χ1) is 9.52. The van der Waals surface area contributed by atoms with Crippen LogP contribution in [0.3, 0.4) is 0 Å². The highest BCUT2D eigenvalue weighted by molar-refractivity contribution is 5.94. The summed E-state index contributed by atoms with van der Waals surface area (Å²) < 4.78 is 32.5. The number of amides is 1. The molecule has 6 heteroatoms. The summed E-state index contributed by atoms with van der Waals surface area (Å²) in [7, 11) is 1.80. The van der Waals surface area contributed by atoms with Gasteiger partial charge in [-0.3, -0.25) is 4.79 Å². The summed E-state index contributed by atoms with van der Waals surface area (Å²) in [5, 5.41) is 2.98. The van der Waals surface area contributed by atoms with Gasteiger partial charge < -0.3 is 15.0 Å². The van der Waals surface area contributed by atoms with Crippen LogP contribution < -0.4 is 5.32 Å². The van der Waals surface area contributed by atoms with Gasteiger partial charge in [-0.1, -0.05) is 0 Å². The van der Waals surface area contributed by atoms with E-state index in [1.54, 1.807) is 11.9 Å². The second-order valence-corrected chi connectivity index (χ2v) is 4.88. The van der Waals surface area contributed by atoms with Gasteiger partial charge in [0.25, 0.3) is 5.91 Å². The third-order valence-corrected chi connectivity index (χ3v) is 3.34. The molecular weight excluding hydrogens is 266 g/mol. The molecule has 4 nitrogen and oxygen atoms in total. The van der Waals surface area contributed by atoms with Gasteiger partial charge in [-0.05, 0) is 25.6 Å². The summed E-state index contributed by atoms with van der Waals surface area (Å²) in [6, 6.07) is 2.02. The minimum Gasteiger partial charge on any atom is -0.373 e. The first-order valence-electron chi connectivity index (χ1n) is 6.54. The van der Waals surface area contributed by atoms with Gasteiger partial charge in [-0.15, -0.1) is 0 Å². The molecule has 0 aromatic heterocycles. The van der Waals surface area contributed by atoms with Crippen LogP contribution in [0.1, 0.15) is 15.9 Å². The van der Waals surface area contributed by atoms with Crippen LogP contribution in [0.2, 0.25) is 0 Å². The van der Waals surface area contributed by atoms with Gasteiger partial charge in [0.1, 0.15) is 11.6 Å². The van der Waals surface area contributed by atoms with Gasteiger partial charge in [0.15, 0.2) is 0 Å². The van der Waals surface area contributed by atoms with Crippen LogP contribution in [0, 0.1) is 18.6 Å². The van der Waals surface area contributed by atoms with Crippen LogP contribution in [0.5, 0.6) is 0 Å². The first kappa shape index (κ1) is 14.9. The number of rotatable bonds is 3. The normalized spacial score (nSPS) is 19.2. The zero-order valence-electron chi connectivity index (χ0n) is 11.6. The fourth-order valence-electron chi connectivity index (χ4n) is 2.25. The average Bonchev–Trinajstić information content (AvgIpc) is 2.43. The van der Waals surface area contributed by atoms with E-state index < -0.39 is 17.5 Å². The maximum atomic E-state index is 13.7. The van der Waals surface area contributed by atoms with Crippen molar-refractivity contribution in [2.45, 2.75) is 13.0 Å². The minimum atomic E-state index is -0.824. The Morgan fingerprint density at radius 2 is 2.20 bits per heavy atom. The van der Waals surface area contributed by atoms with Crippen molar-refractivity contribution in [2.75, 3.05) is 33.3 Å². The number of carbonyl (C=O) groups is 1. The molecule has 1 fully saturated rings. The van der Waals surface area contributed by atoms with E-state index in [2.05, 4.69) is 5.32 Å². The lowest BCUT2D eigenvalue weighted by Gasteiger charge is -2.33. The highest BCUT2D eigenvalue weighted by Crippen LogP contribution is 2.17. The lowest BCUT2D eigenvalue weighted by molar-refractivity contribution is -0.0197. The van der Waals surface area contributed by atoms with Gasteiger partial charge in [-0.2, -0.15) is 0 Å². The number of aryl methyl sites for hydroxylation is 1. The summed E-state index contributed by atoms with van der Waals surface area (Å²) in [5.41, 5.74) is 0.170. The molecule has 0 radical (unpaired) electrons. The molecule has 1 aliphatic rings. The highest BCUT2D eigenvalue weighted by atomic mass is 19.1. The molecular formula is C14H18F2N2O2. The van der Waals surface area contributed by atoms with Crippen LogP contribution in [0.25, 0.3) is 0 Å². The highest BCUT2D eigenvalue weighted by Gasteiger charge is 2.26. The lowest BCUT2D eigenvalue weighted by atomic mass is 10.1. The first-order valence-corrected chi connectivity index (χ1v) is 6.54. The molecule has 1 aliphatic heterocycles. The maximum Gasteiger partial charge on any atom is 0.257 e. The number of hydrogen-bond acceptors (Lipinski definition) is 3. The Bertz CT molecular complexity index is 506. The van der Waals surface area contributed by atoms with E-state index in [9.17, 15) is 13.6 Å². The summed E-state index contributed by atoms with van der Waals surface area (Å²) in [4.78, 5) is 13.9. The van der Waals surface area contributed by atoms with Crippen molar-refractivity contribution in [3.63, 3.8) is 0 Å². The van der Waals surface area contributed by atoms with Gasteiger partial charge in [0.2, 0.25) is 0 Å². The van der Waals surface area contributed by atoms with Crippen molar-refractivity contribution >= 4 is 5.91 Å². The van der Waals surface area contributed by atoms with Gasteiger partial charge in [-0.25, -0.2) is 8.78 Å². The van der Waals surface area contributed by atoms with E-state index in [4.69, 9.17) is 4.74 Å². The van der Waals surface area contributed by atoms with E-state index in [-0.39, 0.29) is 17.2 Å². The Morgan fingerprint density at radius 3 is 2.90 bits per heavy atom. The third kappa shape index (κ3) is 3.13. The summed E-state index contributed by atoms with van der Waals surface area (Å²) in [6.07, 6.45) is -0.109. The largest absolute Gasteiger partial charge is 0.373 e. The number of halogens is 2. The minimum absolute atomic E-state index is 0.0889. The number of carbonyl (C=O) groups excluding carboxylic acids is 1. The molecule has 1 heterocycles. The van der Waals surface area contributed by atoms with Crippen LogP contribution in [0.4, 0.5) is 8.78 Å². The van der Waals surface area contributed by atoms with Crippen LogP contribution >= 0.6 is 0 Å². The quantitative estimate of drug-likeness (QED) is 0.910. The molecule has 2 rings (SSSR count). The summed E-state index contributed by atoms with van der Waals surface area (Å²) in [6.45, 7) is 3.35. The molecule has 110 valence electrons. The number of ether oxygens (including phenoxy) is 1. The fourth-order valence-corrected chi connectivity index (χ4v) is 2.25. The fraction of sp³-hybridized carbons (Fsp3) is 0.500. The Balaban J connectivity index is 2.16. The second-order valence-electron chi connectivity index (χ2n) is 4.88. The Hall–Kier alpha value is -1.53. The molecule has 1 aromatic rings. The Kier molecular flexibility index (Phi) is 4.67. The lowest BCUT2D eigenvalue weighted by Crippen LogP contribution is -2.48. The average molecular weight is 284 g/mol. The second kappa shape index (κ2) is 6.28. The monoisotopic (exact) mass is 284 g/mol. The molecule has 20 heavy (non-hydrogen) atoms. The van der Waals surface area contributed by atoms with Crippen LogP contribution in [-0.2, 0) is 4.74 Å². The number of nitrogens with one attached hydrogen (secondary N) is 1. The van der Waals surface area contributed by atoms with Crippen molar-refractivity contribution in [1.82, 2.24) is 10.2 Å². The molecule has 0 bridgehead atoms. The standard InChI is InChI=1S/C14H18F2N2O2/c1-9-5-11(13(16)6-12(9)15)14(19)18-3-4-20-10(8-18)7-17-2/h5-6,10,17H,3-4,7-8H2,1-2H3. The molecule has 1 aromatic carbocycles. The van der Waals surface area contributed by atoms with Gasteiger partial charge in [0, 0.05) is 25.7 Å². The Morgan fingerprint density at radius 1 is 1.45 bits per heavy atom. The van der Waals surface area contributed by atoms with Crippen LogP contribution in [0.15, 0.2) is 12.1 Å². The van der Waals surface area contributed by atoms with Crippen molar-refractivity contribution < 1.29 is 18.3 Å². The molecule has 0 saturated carbocycles.